The van der Waals surface area contributed by atoms with Gasteiger partial charge in [0, 0.05) is 16.9 Å². The molecule has 5 heteroatoms. The molecule has 0 aliphatic heterocycles. The monoisotopic (exact) mass is 365 g/mol. The maximum atomic E-state index is 12.3. The van der Waals surface area contributed by atoms with Gasteiger partial charge in [-0.05, 0) is 56.3 Å². The van der Waals surface area contributed by atoms with Crippen molar-refractivity contribution in [2.45, 2.75) is 58.7 Å². The van der Waals surface area contributed by atoms with Crippen LogP contribution < -0.4 is 5.32 Å². The zero-order valence-corrected chi connectivity index (χ0v) is 14.4. The lowest BCUT2D eigenvalue weighted by Gasteiger charge is -2.21. The minimum absolute atomic E-state index is 0.0159. The van der Waals surface area contributed by atoms with Crippen LogP contribution in [0.25, 0.3) is 0 Å². The second kappa shape index (κ2) is 8.18. The third-order valence-corrected chi connectivity index (χ3v) is 4.71. The van der Waals surface area contributed by atoms with Crippen molar-refractivity contribution in [3.63, 3.8) is 0 Å². The number of benzene rings is 1. The van der Waals surface area contributed by atoms with E-state index >= 15 is 0 Å². The summed E-state index contributed by atoms with van der Waals surface area (Å²) < 4.78 is 38.0. The Kier molecular flexibility index (Phi) is 7.21. The summed E-state index contributed by atoms with van der Waals surface area (Å²) in [7, 11) is 0. The summed E-state index contributed by atoms with van der Waals surface area (Å²) in [6.07, 6.45) is -3.17. The lowest BCUT2D eigenvalue weighted by Crippen LogP contribution is -2.23. The molecule has 1 nitrogen and oxygen atoms in total. The Morgan fingerprint density at radius 2 is 1.76 bits per heavy atom. The maximum Gasteiger partial charge on any atom is 0.389 e. The molecular weight excluding hydrogens is 343 g/mol. The molecule has 1 unspecified atom stereocenters. The van der Waals surface area contributed by atoms with Crippen LogP contribution in [0.1, 0.15) is 55.3 Å². The molecule has 0 heterocycles. The van der Waals surface area contributed by atoms with Gasteiger partial charge in [0.05, 0.1) is 0 Å². The Morgan fingerprint density at radius 3 is 2.24 bits per heavy atom. The van der Waals surface area contributed by atoms with E-state index in [1.54, 1.807) is 0 Å². The van der Waals surface area contributed by atoms with Gasteiger partial charge in [0.2, 0.25) is 0 Å². The molecule has 0 saturated carbocycles. The van der Waals surface area contributed by atoms with Crippen LogP contribution in [0, 0.1) is 13.8 Å². The normalized spacial score (nSPS) is 13.5. The van der Waals surface area contributed by atoms with Crippen LogP contribution in [0.4, 0.5) is 13.2 Å². The molecule has 0 aromatic heterocycles. The van der Waals surface area contributed by atoms with Gasteiger partial charge in [0.25, 0.3) is 0 Å². The predicted molar refractivity (Wildman–Crippen MR) is 84.6 cm³/mol. The number of hydrogen-bond donors (Lipinski definition) is 1. The molecule has 0 bridgehead atoms. The van der Waals surface area contributed by atoms with E-state index < -0.39 is 12.6 Å². The van der Waals surface area contributed by atoms with Gasteiger partial charge >= 0.3 is 6.18 Å². The van der Waals surface area contributed by atoms with Crippen molar-refractivity contribution < 1.29 is 13.2 Å². The maximum absolute atomic E-state index is 12.3. The Morgan fingerprint density at radius 1 is 1.19 bits per heavy atom. The summed E-state index contributed by atoms with van der Waals surface area (Å²) in [4.78, 5) is 0. The van der Waals surface area contributed by atoms with Crippen molar-refractivity contribution in [2.75, 3.05) is 6.54 Å². The highest BCUT2D eigenvalue weighted by atomic mass is 79.9. The van der Waals surface area contributed by atoms with E-state index in [0.29, 0.717) is 6.42 Å². The highest BCUT2D eigenvalue weighted by Gasteiger charge is 2.27. The van der Waals surface area contributed by atoms with Crippen LogP contribution >= 0.6 is 15.9 Å². The average molecular weight is 366 g/mol. The minimum Gasteiger partial charge on any atom is -0.310 e. The van der Waals surface area contributed by atoms with Crippen LogP contribution in [-0.2, 0) is 0 Å². The number of hydrogen-bond acceptors (Lipinski definition) is 1. The molecule has 0 aliphatic carbocycles. The summed E-state index contributed by atoms with van der Waals surface area (Å²) in [5.41, 5.74) is 3.30. The second-order valence-corrected chi connectivity index (χ2v) is 6.28. The zero-order chi connectivity index (χ0) is 16.0. The summed E-state index contributed by atoms with van der Waals surface area (Å²) in [5, 5.41) is 3.36. The molecule has 21 heavy (non-hydrogen) atoms. The van der Waals surface area contributed by atoms with Crippen molar-refractivity contribution in [1.82, 2.24) is 5.32 Å². The fourth-order valence-corrected chi connectivity index (χ4v) is 2.62. The number of aryl methyl sites for hydroxylation is 2. The largest absolute Gasteiger partial charge is 0.389 e. The van der Waals surface area contributed by atoms with Crippen molar-refractivity contribution in [3.8, 4) is 0 Å². The van der Waals surface area contributed by atoms with Crippen LogP contribution in [-0.4, -0.2) is 12.7 Å². The van der Waals surface area contributed by atoms with Gasteiger partial charge in [0.15, 0.2) is 0 Å². The lowest BCUT2D eigenvalue weighted by atomic mass is 9.97. The molecule has 0 aliphatic rings. The molecule has 0 amide bonds. The van der Waals surface area contributed by atoms with Gasteiger partial charge in [-0.25, -0.2) is 0 Å². The Hall–Kier alpha value is -0.550. The fourth-order valence-electron chi connectivity index (χ4n) is 2.39. The van der Waals surface area contributed by atoms with E-state index in [4.69, 9.17) is 0 Å². The summed E-state index contributed by atoms with van der Waals surface area (Å²) in [6.45, 7) is 6.88. The van der Waals surface area contributed by atoms with Crippen molar-refractivity contribution in [2.24, 2.45) is 0 Å². The van der Waals surface area contributed by atoms with Crippen molar-refractivity contribution >= 4 is 15.9 Å². The molecule has 0 saturated heterocycles. The lowest BCUT2D eigenvalue weighted by molar-refractivity contribution is -0.135. The average Bonchev–Trinajstić information content (AvgIpc) is 2.38. The van der Waals surface area contributed by atoms with E-state index in [-0.39, 0.29) is 12.5 Å². The van der Waals surface area contributed by atoms with E-state index in [2.05, 4.69) is 40.3 Å². The van der Waals surface area contributed by atoms with Gasteiger partial charge < -0.3 is 5.32 Å². The first-order chi connectivity index (χ1) is 9.74. The number of halogens is 4. The highest BCUT2D eigenvalue weighted by Crippen LogP contribution is 2.30. The quantitative estimate of drug-likeness (QED) is 0.639. The van der Waals surface area contributed by atoms with E-state index in [9.17, 15) is 13.2 Å². The van der Waals surface area contributed by atoms with Gasteiger partial charge in [-0.2, -0.15) is 13.2 Å². The third-order valence-electron chi connectivity index (χ3n) is 3.45. The van der Waals surface area contributed by atoms with Crippen LogP contribution in [0.15, 0.2) is 16.6 Å². The second-order valence-electron chi connectivity index (χ2n) is 5.48. The Labute approximate surface area is 133 Å². The molecule has 1 atom stereocenters. The van der Waals surface area contributed by atoms with Gasteiger partial charge in [-0.15, -0.1) is 0 Å². The van der Waals surface area contributed by atoms with E-state index in [1.165, 1.54) is 0 Å². The van der Waals surface area contributed by atoms with Gasteiger partial charge in [0.1, 0.15) is 0 Å². The fraction of sp³-hybridized carbons (Fsp3) is 0.625. The summed E-state index contributed by atoms with van der Waals surface area (Å²) in [6, 6.07) is 4.09. The highest BCUT2D eigenvalue weighted by molar-refractivity contribution is 9.10. The van der Waals surface area contributed by atoms with Crippen molar-refractivity contribution in [1.29, 1.82) is 0 Å². The van der Waals surface area contributed by atoms with E-state index in [0.717, 1.165) is 34.1 Å². The molecule has 0 spiro atoms. The van der Waals surface area contributed by atoms with Crippen molar-refractivity contribution in [3.05, 3.63) is 33.3 Å². The number of alkyl halides is 3. The first-order valence-corrected chi connectivity index (χ1v) is 8.10. The smallest absolute Gasteiger partial charge is 0.310 e. The molecular formula is C16H23BrF3N. The molecule has 1 rings (SSSR count). The van der Waals surface area contributed by atoms with Crippen LogP contribution in [0.3, 0.4) is 0 Å². The molecule has 120 valence electrons. The van der Waals surface area contributed by atoms with Gasteiger partial charge in [-0.1, -0.05) is 35.0 Å². The first-order valence-electron chi connectivity index (χ1n) is 7.31. The number of nitrogens with one attached hydrogen (secondary N) is 1. The van der Waals surface area contributed by atoms with Gasteiger partial charge in [-0.3, -0.25) is 0 Å². The Balaban J connectivity index is 2.81. The van der Waals surface area contributed by atoms with Crippen LogP contribution in [0.2, 0.25) is 0 Å². The zero-order valence-electron chi connectivity index (χ0n) is 12.8. The molecule has 0 fully saturated rings. The SMILES string of the molecule is CCCNC(CCCC(F)(F)F)c1cc(C)c(Br)c(C)c1. The summed E-state index contributed by atoms with van der Waals surface area (Å²) in [5.74, 6) is 0. The van der Waals surface area contributed by atoms with Crippen LogP contribution in [0.5, 0.6) is 0 Å². The predicted octanol–water partition coefficient (Wildman–Crippen LogP) is 5.84. The standard InChI is InChI=1S/C16H23BrF3N/c1-4-8-21-14(6-5-7-16(18,19)20)13-9-11(2)15(17)12(3)10-13/h9-10,14,21H,4-8H2,1-3H3. The number of rotatable bonds is 7. The minimum atomic E-state index is -4.07. The topological polar surface area (TPSA) is 12.0 Å². The molecule has 1 N–H and O–H groups in total. The molecule has 0 radical (unpaired) electrons. The molecule has 1 aromatic carbocycles. The Bertz CT molecular complexity index is 434. The summed E-state index contributed by atoms with van der Waals surface area (Å²) >= 11 is 3.52. The molecule has 1 aromatic rings. The third kappa shape index (κ3) is 6.39. The first kappa shape index (κ1) is 18.5. The van der Waals surface area contributed by atoms with E-state index in [1.807, 2.05) is 13.8 Å².